The van der Waals surface area contributed by atoms with E-state index in [0.717, 1.165) is 46.8 Å². The van der Waals surface area contributed by atoms with Crippen molar-refractivity contribution in [1.82, 2.24) is 10.1 Å². The molecule has 0 unspecified atom stereocenters. The predicted octanol–water partition coefficient (Wildman–Crippen LogP) is 7.02. The first-order valence-electron chi connectivity index (χ1n) is 15.1. The number of benzene rings is 1. The molecular formula is C31H37N3O5S. The van der Waals surface area contributed by atoms with Gasteiger partial charge in [-0.1, -0.05) is 16.5 Å². The Labute approximate surface area is 238 Å². The number of fused-ring (bicyclic) bond motifs is 3. The molecule has 3 saturated carbocycles. The van der Waals surface area contributed by atoms with Crippen molar-refractivity contribution in [2.45, 2.75) is 114 Å². The Balaban J connectivity index is 0.982. The number of hydrogen-bond acceptors (Lipinski definition) is 8. The Morgan fingerprint density at radius 3 is 2.48 bits per heavy atom. The minimum Gasteiger partial charge on any atom is -0.494 e. The summed E-state index contributed by atoms with van der Waals surface area (Å²) in [5.74, 6) is 1.73. The highest BCUT2D eigenvalue weighted by Gasteiger charge is 2.47. The van der Waals surface area contributed by atoms with Gasteiger partial charge in [-0.25, -0.2) is 9.78 Å². The average molecular weight is 564 g/mol. The Hall–Kier alpha value is -2.65. The lowest BCUT2D eigenvalue weighted by atomic mass is 9.77. The second-order valence-corrected chi connectivity index (χ2v) is 14.0. The molecule has 2 saturated heterocycles. The summed E-state index contributed by atoms with van der Waals surface area (Å²) in [5, 5.41) is 15.1. The van der Waals surface area contributed by atoms with Gasteiger partial charge >= 0.3 is 5.97 Å². The summed E-state index contributed by atoms with van der Waals surface area (Å²) in [6.07, 6.45) is 14.9. The topological polar surface area (TPSA) is 97.9 Å². The molecule has 2 atom stereocenters. The molecule has 3 aliphatic carbocycles. The number of rotatable bonds is 8. The van der Waals surface area contributed by atoms with Gasteiger partial charge < -0.3 is 24.0 Å². The SMILES string of the molecule is COc1cc(C(=O)O)cc2sc(N3[C@H]4CC[C@H]3CC(OCc3c(C5CCC6(CC5)CC6)noc3C3CC3)C4)nc12. The molecule has 4 heterocycles. The molecule has 2 aromatic heterocycles. The number of carboxylic acids is 1. The third-order valence-electron chi connectivity index (χ3n) is 10.5. The molecule has 0 amide bonds. The summed E-state index contributed by atoms with van der Waals surface area (Å²) in [4.78, 5) is 19.0. The van der Waals surface area contributed by atoms with E-state index in [1.54, 1.807) is 30.6 Å². The monoisotopic (exact) mass is 563 g/mol. The highest BCUT2D eigenvalue weighted by Crippen LogP contribution is 2.59. The molecule has 212 valence electrons. The first-order valence-corrected chi connectivity index (χ1v) is 15.9. The lowest BCUT2D eigenvalue weighted by molar-refractivity contribution is 0.0140. The molecule has 3 aromatic rings. The van der Waals surface area contributed by atoms with E-state index in [2.05, 4.69) is 10.1 Å². The third kappa shape index (κ3) is 4.31. The number of methoxy groups -OCH3 is 1. The Bertz CT molecular complexity index is 1430. The van der Waals surface area contributed by atoms with Crippen molar-refractivity contribution >= 4 is 32.7 Å². The van der Waals surface area contributed by atoms with E-state index < -0.39 is 5.97 Å². The predicted molar refractivity (Wildman–Crippen MR) is 152 cm³/mol. The molecule has 40 heavy (non-hydrogen) atoms. The number of carbonyl (C=O) groups is 1. The van der Waals surface area contributed by atoms with Crippen molar-refractivity contribution in [2.75, 3.05) is 12.0 Å². The first-order chi connectivity index (χ1) is 19.5. The number of piperidine rings is 1. The number of nitrogens with zero attached hydrogens (tertiary/aromatic N) is 3. The van der Waals surface area contributed by atoms with Crippen LogP contribution in [0.4, 0.5) is 5.13 Å². The lowest BCUT2D eigenvalue weighted by Gasteiger charge is -2.38. The van der Waals surface area contributed by atoms with E-state index in [1.165, 1.54) is 62.6 Å². The Kier molecular flexibility index (Phi) is 5.92. The van der Waals surface area contributed by atoms with Gasteiger partial charge in [-0.15, -0.1) is 0 Å². The van der Waals surface area contributed by atoms with Crippen LogP contribution < -0.4 is 9.64 Å². The van der Waals surface area contributed by atoms with Crippen LogP contribution in [0.15, 0.2) is 16.7 Å². The van der Waals surface area contributed by atoms with Gasteiger partial charge in [-0.05, 0) is 94.6 Å². The smallest absolute Gasteiger partial charge is 0.335 e. The number of anilines is 1. The standard InChI is InChI=1S/C31H37N3O5S/c1-37-24-12-19(29(35)36)13-25-27(24)32-30(40-25)34-20-4-5-21(34)15-22(14-20)38-16-23-26(33-39-28(23)18-2-3-18)17-6-8-31(9-7-17)10-11-31/h12-13,17-18,20-22H,2-11,14-16H2,1H3,(H,35,36)/t20-,21-/m0/s1. The molecule has 2 bridgehead atoms. The summed E-state index contributed by atoms with van der Waals surface area (Å²) in [7, 11) is 1.57. The van der Waals surface area contributed by atoms with E-state index in [-0.39, 0.29) is 11.7 Å². The number of thiazole rings is 1. The maximum Gasteiger partial charge on any atom is 0.335 e. The van der Waals surface area contributed by atoms with Gasteiger partial charge in [0, 0.05) is 29.5 Å². The molecule has 1 N–H and O–H groups in total. The van der Waals surface area contributed by atoms with Crippen LogP contribution in [-0.4, -0.2) is 46.5 Å². The minimum absolute atomic E-state index is 0.215. The van der Waals surface area contributed by atoms with Crippen LogP contribution in [0.3, 0.4) is 0 Å². The summed E-state index contributed by atoms with van der Waals surface area (Å²) in [5.41, 5.74) is 4.11. The van der Waals surface area contributed by atoms with Crippen LogP contribution >= 0.6 is 11.3 Å². The van der Waals surface area contributed by atoms with Crippen molar-refractivity contribution < 1.29 is 23.9 Å². The second-order valence-electron chi connectivity index (χ2n) is 13.0. The fraction of sp³-hybridized carbons (Fsp3) is 0.645. The molecule has 1 spiro atoms. The Morgan fingerprint density at radius 2 is 1.82 bits per heavy atom. The molecule has 8 nitrogen and oxygen atoms in total. The quantitative estimate of drug-likeness (QED) is 0.312. The number of aromatic nitrogens is 2. The average Bonchev–Trinajstić information content (AvgIpc) is 3.83. The van der Waals surface area contributed by atoms with E-state index in [4.69, 9.17) is 19.0 Å². The zero-order valence-electron chi connectivity index (χ0n) is 23.1. The van der Waals surface area contributed by atoms with Crippen molar-refractivity contribution in [3.63, 3.8) is 0 Å². The molecular weight excluding hydrogens is 526 g/mol. The molecule has 5 fully saturated rings. The van der Waals surface area contributed by atoms with Crippen molar-refractivity contribution in [3.05, 3.63) is 34.7 Å². The molecule has 1 aromatic carbocycles. The normalized spacial score (nSPS) is 27.5. The fourth-order valence-electron chi connectivity index (χ4n) is 7.80. The molecule has 9 heteroatoms. The largest absolute Gasteiger partial charge is 0.494 e. The van der Waals surface area contributed by atoms with Crippen molar-refractivity contribution in [1.29, 1.82) is 0 Å². The molecule has 2 aliphatic heterocycles. The number of hydrogen-bond donors (Lipinski definition) is 1. The summed E-state index contributed by atoms with van der Waals surface area (Å²) >= 11 is 1.57. The van der Waals surface area contributed by atoms with Crippen LogP contribution in [0.1, 0.15) is 116 Å². The van der Waals surface area contributed by atoms with Gasteiger partial charge in [0.2, 0.25) is 0 Å². The summed E-state index contributed by atoms with van der Waals surface area (Å²) < 4.78 is 19.0. The third-order valence-corrected chi connectivity index (χ3v) is 11.5. The van der Waals surface area contributed by atoms with Crippen LogP contribution in [0, 0.1) is 5.41 Å². The van der Waals surface area contributed by atoms with E-state index in [9.17, 15) is 9.90 Å². The molecule has 8 rings (SSSR count). The van der Waals surface area contributed by atoms with Crippen molar-refractivity contribution in [3.8, 4) is 5.75 Å². The van der Waals surface area contributed by atoms with Crippen LogP contribution in [0.25, 0.3) is 10.2 Å². The van der Waals surface area contributed by atoms with Crippen molar-refractivity contribution in [2.24, 2.45) is 5.41 Å². The maximum absolute atomic E-state index is 11.6. The summed E-state index contributed by atoms with van der Waals surface area (Å²) in [6.45, 7) is 0.618. The van der Waals surface area contributed by atoms with Crippen LogP contribution in [0.5, 0.6) is 5.75 Å². The van der Waals surface area contributed by atoms with Crippen LogP contribution in [0.2, 0.25) is 0 Å². The van der Waals surface area contributed by atoms with E-state index in [1.807, 2.05) is 0 Å². The maximum atomic E-state index is 11.6. The highest BCUT2D eigenvalue weighted by molar-refractivity contribution is 7.22. The van der Waals surface area contributed by atoms with Gasteiger partial charge in [0.25, 0.3) is 0 Å². The number of aromatic carboxylic acids is 1. The second kappa shape index (κ2) is 9.44. The minimum atomic E-state index is -0.954. The molecule has 5 aliphatic rings. The van der Waals surface area contributed by atoms with E-state index >= 15 is 0 Å². The van der Waals surface area contributed by atoms with Gasteiger partial charge in [-0.2, -0.15) is 0 Å². The Morgan fingerprint density at radius 1 is 1.07 bits per heavy atom. The highest BCUT2D eigenvalue weighted by atomic mass is 32.1. The van der Waals surface area contributed by atoms with Crippen LogP contribution in [-0.2, 0) is 11.3 Å². The number of carboxylic acid groups (broad SMARTS) is 1. The molecule has 0 radical (unpaired) electrons. The first kappa shape index (κ1) is 25.1. The zero-order chi connectivity index (χ0) is 27.0. The number of ether oxygens (including phenoxy) is 2. The van der Waals surface area contributed by atoms with Gasteiger partial charge in [0.15, 0.2) is 5.13 Å². The van der Waals surface area contributed by atoms with Gasteiger partial charge in [-0.3, -0.25) is 0 Å². The lowest BCUT2D eigenvalue weighted by Crippen LogP contribution is -2.45. The summed E-state index contributed by atoms with van der Waals surface area (Å²) in [6, 6.07) is 4.04. The zero-order valence-corrected chi connectivity index (χ0v) is 23.9. The van der Waals surface area contributed by atoms with Gasteiger partial charge in [0.05, 0.1) is 35.8 Å². The van der Waals surface area contributed by atoms with Gasteiger partial charge in [0.1, 0.15) is 17.0 Å². The fourth-order valence-corrected chi connectivity index (χ4v) is 8.97. The van der Waals surface area contributed by atoms with E-state index in [0.29, 0.717) is 41.7 Å².